The van der Waals surface area contributed by atoms with Crippen molar-refractivity contribution >= 4 is 38.9 Å². The number of aryl methyl sites for hydroxylation is 1. The Labute approximate surface area is 133 Å². The number of nitrogens with zero attached hydrogens (tertiary/aromatic N) is 1. The van der Waals surface area contributed by atoms with E-state index in [9.17, 15) is 4.79 Å². The van der Waals surface area contributed by atoms with Gasteiger partial charge in [0.05, 0.1) is 11.3 Å². The second kappa shape index (κ2) is 6.18. The third-order valence-electron chi connectivity index (χ3n) is 3.15. The van der Waals surface area contributed by atoms with Crippen molar-refractivity contribution in [2.45, 2.75) is 6.92 Å². The van der Waals surface area contributed by atoms with Crippen LogP contribution in [0, 0.1) is 6.92 Å². The molecule has 3 N–H and O–H groups in total. The number of rotatable bonds is 3. The van der Waals surface area contributed by atoms with Gasteiger partial charge in [-0.05, 0) is 42.8 Å². The van der Waals surface area contributed by atoms with Crippen LogP contribution in [0.2, 0.25) is 0 Å². The molecule has 0 atom stereocenters. The zero-order valence-corrected chi connectivity index (χ0v) is 13.9. The number of hydrogen-bond acceptors (Lipinski definition) is 3. The quantitative estimate of drug-likeness (QED) is 0.830. The summed E-state index contributed by atoms with van der Waals surface area (Å²) in [6, 6.07) is 11.2. The minimum absolute atomic E-state index is 0.0647. The molecular weight excluding hydrogens is 330 g/mol. The SMILES string of the molecule is Cc1ccc(Br)cc1Nc1cc(N)ccc1C(=O)N(C)C. The van der Waals surface area contributed by atoms with Crippen LogP contribution in [-0.2, 0) is 0 Å². The highest BCUT2D eigenvalue weighted by atomic mass is 79.9. The molecule has 21 heavy (non-hydrogen) atoms. The summed E-state index contributed by atoms with van der Waals surface area (Å²) in [6.07, 6.45) is 0. The molecule has 0 heterocycles. The van der Waals surface area contributed by atoms with Gasteiger partial charge in [0.2, 0.25) is 0 Å². The average molecular weight is 348 g/mol. The highest BCUT2D eigenvalue weighted by Gasteiger charge is 2.14. The van der Waals surface area contributed by atoms with Gasteiger partial charge in [0, 0.05) is 29.9 Å². The summed E-state index contributed by atoms with van der Waals surface area (Å²) in [5, 5.41) is 3.30. The summed E-state index contributed by atoms with van der Waals surface area (Å²) >= 11 is 3.45. The summed E-state index contributed by atoms with van der Waals surface area (Å²) in [6.45, 7) is 2.01. The summed E-state index contributed by atoms with van der Waals surface area (Å²) in [4.78, 5) is 13.8. The molecule has 0 aliphatic carbocycles. The number of benzene rings is 2. The number of anilines is 3. The van der Waals surface area contributed by atoms with E-state index in [1.807, 2.05) is 25.1 Å². The van der Waals surface area contributed by atoms with Crippen molar-refractivity contribution in [2.75, 3.05) is 25.1 Å². The lowest BCUT2D eigenvalue weighted by Crippen LogP contribution is -2.22. The fourth-order valence-electron chi connectivity index (χ4n) is 1.97. The Morgan fingerprint density at radius 3 is 2.52 bits per heavy atom. The van der Waals surface area contributed by atoms with Crippen LogP contribution < -0.4 is 11.1 Å². The van der Waals surface area contributed by atoms with Gasteiger partial charge in [0.15, 0.2) is 0 Å². The van der Waals surface area contributed by atoms with Gasteiger partial charge in [-0.1, -0.05) is 22.0 Å². The molecular formula is C16H18BrN3O. The molecule has 5 heteroatoms. The van der Waals surface area contributed by atoms with E-state index in [4.69, 9.17) is 5.73 Å². The van der Waals surface area contributed by atoms with Crippen LogP contribution in [0.4, 0.5) is 17.1 Å². The van der Waals surface area contributed by atoms with Crippen LogP contribution in [0.3, 0.4) is 0 Å². The molecule has 0 spiro atoms. The van der Waals surface area contributed by atoms with Crippen molar-refractivity contribution in [3.05, 3.63) is 52.0 Å². The summed E-state index contributed by atoms with van der Waals surface area (Å²) in [5.41, 5.74) is 9.78. The normalized spacial score (nSPS) is 10.3. The van der Waals surface area contributed by atoms with Crippen molar-refractivity contribution in [3.63, 3.8) is 0 Å². The molecule has 110 valence electrons. The number of carbonyl (C=O) groups excluding carboxylic acids is 1. The van der Waals surface area contributed by atoms with Gasteiger partial charge in [0.1, 0.15) is 0 Å². The van der Waals surface area contributed by atoms with Crippen LogP contribution in [0.15, 0.2) is 40.9 Å². The van der Waals surface area contributed by atoms with Crippen molar-refractivity contribution in [1.82, 2.24) is 4.90 Å². The van der Waals surface area contributed by atoms with Gasteiger partial charge in [-0.25, -0.2) is 0 Å². The second-order valence-corrected chi connectivity index (χ2v) is 6.00. The average Bonchev–Trinajstić information content (AvgIpc) is 2.42. The molecule has 0 radical (unpaired) electrons. The van der Waals surface area contributed by atoms with Crippen LogP contribution >= 0.6 is 15.9 Å². The fraction of sp³-hybridized carbons (Fsp3) is 0.188. The highest BCUT2D eigenvalue weighted by Crippen LogP contribution is 2.28. The van der Waals surface area contributed by atoms with E-state index in [1.165, 1.54) is 0 Å². The summed E-state index contributed by atoms with van der Waals surface area (Å²) in [7, 11) is 3.46. The van der Waals surface area contributed by atoms with E-state index in [1.54, 1.807) is 37.2 Å². The zero-order valence-electron chi connectivity index (χ0n) is 12.3. The van der Waals surface area contributed by atoms with Crippen LogP contribution in [0.5, 0.6) is 0 Å². The van der Waals surface area contributed by atoms with E-state index in [2.05, 4.69) is 21.2 Å². The van der Waals surface area contributed by atoms with E-state index in [-0.39, 0.29) is 5.91 Å². The first-order valence-electron chi connectivity index (χ1n) is 6.53. The van der Waals surface area contributed by atoms with Gasteiger partial charge in [-0.3, -0.25) is 4.79 Å². The molecule has 2 aromatic carbocycles. The lowest BCUT2D eigenvalue weighted by Gasteiger charge is -2.17. The Hall–Kier alpha value is -2.01. The Kier molecular flexibility index (Phi) is 4.53. The Morgan fingerprint density at radius 1 is 1.14 bits per heavy atom. The minimum Gasteiger partial charge on any atom is -0.399 e. The number of hydrogen-bond donors (Lipinski definition) is 2. The van der Waals surface area contributed by atoms with Crippen molar-refractivity contribution in [3.8, 4) is 0 Å². The van der Waals surface area contributed by atoms with Crippen molar-refractivity contribution < 1.29 is 4.79 Å². The Bertz CT molecular complexity index is 683. The van der Waals surface area contributed by atoms with E-state index < -0.39 is 0 Å². The first-order chi connectivity index (χ1) is 9.88. The van der Waals surface area contributed by atoms with Gasteiger partial charge in [0.25, 0.3) is 5.91 Å². The zero-order chi connectivity index (χ0) is 15.6. The lowest BCUT2D eigenvalue weighted by atomic mass is 10.1. The number of nitrogens with two attached hydrogens (primary N) is 1. The molecule has 0 aliphatic rings. The standard InChI is InChI=1S/C16H18BrN3O/c1-10-4-5-11(17)8-14(10)19-15-9-12(18)6-7-13(15)16(21)20(2)3/h4-9,19H,18H2,1-3H3. The molecule has 0 bridgehead atoms. The monoisotopic (exact) mass is 347 g/mol. The first-order valence-corrected chi connectivity index (χ1v) is 7.32. The first kappa shape index (κ1) is 15.4. The third kappa shape index (κ3) is 3.55. The smallest absolute Gasteiger partial charge is 0.255 e. The fourth-order valence-corrected chi connectivity index (χ4v) is 2.33. The molecule has 0 aliphatic heterocycles. The second-order valence-electron chi connectivity index (χ2n) is 5.09. The third-order valence-corrected chi connectivity index (χ3v) is 3.64. The van der Waals surface area contributed by atoms with Crippen LogP contribution in [0.25, 0.3) is 0 Å². The maximum absolute atomic E-state index is 12.3. The number of carbonyl (C=O) groups is 1. The van der Waals surface area contributed by atoms with Crippen molar-refractivity contribution in [2.24, 2.45) is 0 Å². The number of nitrogen functional groups attached to an aromatic ring is 1. The van der Waals surface area contributed by atoms with Gasteiger partial charge < -0.3 is 16.0 Å². The van der Waals surface area contributed by atoms with Crippen molar-refractivity contribution in [1.29, 1.82) is 0 Å². The Balaban J connectivity index is 2.45. The molecule has 2 rings (SSSR count). The Morgan fingerprint density at radius 2 is 1.86 bits per heavy atom. The molecule has 0 saturated heterocycles. The van der Waals surface area contributed by atoms with E-state index >= 15 is 0 Å². The molecule has 0 fully saturated rings. The summed E-state index contributed by atoms with van der Waals surface area (Å²) in [5.74, 6) is -0.0647. The minimum atomic E-state index is -0.0647. The predicted molar refractivity (Wildman–Crippen MR) is 91.0 cm³/mol. The van der Waals surface area contributed by atoms with E-state index in [0.29, 0.717) is 16.9 Å². The molecule has 0 aromatic heterocycles. The maximum atomic E-state index is 12.3. The largest absolute Gasteiger partial charge is 0.399 e. The summed E-state index contributed by atoms with van der Waals surface area (Å²) < 4.78 is 0.972. The molecule has 0 saturated carbocycles. The molecule has 2 aromatic rings. The number of amides is 1. The van der Waals surface area contributed by atoms with Gasteiger partial charge in [-0.2, -0.15) is 0 Å². The maximum Gasteiger partial charge on any atom is 0.255 e. The van der Waals surface area contributed by atoms with Crippen LogP contribution in [-0.4, -0.2) is 24.9 Å². The molecule has 4 nitrogen and oxygen atoms in total. The topological polar surface area (TPSA) is 58.4 Å². The number of halogens is 1. The van der Waals surface area contributed by atoms with E-state index in [0.717, 1.165) is 15.7 Å². The van der Waals surface area contributed by atoms with Gasteiger partial charge in [-0.15, -0.1) is 0 Å². The molecule has 1 amide bonds. The molecule has 0 unspecified atom stereocenters. The highest BCUT2D eigenvalue weighted by molar-refractivity contribution is 9.10. The van der Waals surface area contributed by atoms with Crippen LogP contribution in [0.1, 0.15) is 15.9 Å². The number of nitrogens with one attached hydrogen (secondary N) is 1. The van der Waals surface area contributed by atoms with Gasteiger partial charge >= 0.3 is 0 Å². The predicted octanol–water partition coefficient (Wildman–Crippen LogP) is 3.79. The lowest BCUT2D eigenvalue weighted by molar-refractivity contribution is 0.0828.